The average Bonchev–Trinajstić information content (AvgIpc) is 2.87. The van der Waals surface area contributed by atoms with E-state index in [0.717, 1.165) is 33.2 Å². The van der Waals surface area contributed by atoms with E-state index in [1.54, 1.807) is 27.4 Å². The molecule has 0 fully saturated rings. The van der Waals surface area contributed by atoms with E-state index in [4.69, 9.17) is 14.2 Å². The molecule has 0 bridgehead atoms. The summed E-state index contributed by atoms with van der Waals surface area (Å²) in [6.07, 6.45) is -0.593. The quantitative estimate of drug-likeness (QED) is 0.330. The lowest BCUT2D eigenvalue weighted by atomic mass is 9.91. The third-order valence-corrected chi connectivity index (χ3v) is 5.93. The molecular formula is C28H29NO4. The molecule has 5 nitrogen and oxygen atoms in total. The summed E-state index contributed by atoms with van der Waals surface area (Å²) < 4.78 is 17.1. The maximum absolute atomic E-state index is 11.1. The minimum absolute atomic E-state index is 0.222. The van der Waals surface area contributed by atoms with Crippen molar-refractivity contribution in [3.8, 4) is 11.5 Å². The summed E-state index contributed by atoms with van der Waals surface area (Å²) in [7, 11) is 4.88. The molecule has 0 spiro atoms. The lowest BCUT2D eigenvalue weighted by molar-refractivity contribution is -0.125. The number of phenolic OH excluding ortho intramolecular Hbond substituents is 1. The van der Waals surface area contributed by atoms with Gasteiger partial charge >= 0.3 is 0 Å². The number of fused-ring (bicyclic) bond motifs is 1. The highest BCUT2D eigenvalue weighted by Gasteiger charge is 2.31. The van der Waals surface area contributed by atoms with Crippen LogP contribution in [0.1, 0.15) is 28.8 Å². The van der Waals surface area contributed by atoms with E-state index in [1.807, 2.05) is 84.9 Å². The zero-order valence-corrected chi connectivity index (χ0v) is 19.1. The lowest BCUT2D eigenvalue weighted by Crippen LogP contribution is -2.37. The summed E-state index contributed by atoms with van der Waals surface area (Å²) >= 11 is 0. The van der Waals surface area contributed by atoms with Gasteiger partial charge in [-0.15, -0.1) is 0 Å². The molecule has 170 valence electrons. The van der Waals surface area contributed by atoms with Gasteiger partial charge in [-0.05, 0) is 28.5 Å². The number of ether oxygens (including phenoxy) is 3. The van der Waals surface area contributed by atoms with Crippen LogP contribution in [0.15, 0.2) is 91.0 Å². The smallest absolute Gasteiger partial charge is 0.176 e. The first-order valence-electron chi connectivity index (χ1n) is 10.9. The van der Waals surface area contributed by atoms with Crippen LogP contribution < -0.4 is 10.1 Å². The van der Waals surface area contributed by atoms with E-state index in [-0.39, 0.29) is 17.8 Å². The molecule has 0 aliphatic carbocycles. The van der Waals surface area contributed by atoms with Crippen molar-refractivity contribution in [1.82, 2.24) is 5.32 Å². The van der Waals surface area contributed by atoms with Gasteiger partial charge in [-0.25, -0.2) is 0 Å². The first-order valence-corrected chi connectivity index (χ1v) is 10.9. The van der Waals surface area contributed by atoms with Crippen molar-refractivity contribution in [2.75, 3.05) is 21.3 Å². The van der Waals surface area contributed by atoms with Crippen molar-refractivity contribution in [2.24, 2.45) is 0 Å². The largest absolute Gasteiger partial charge is 0.508 e. The first kappa shape index (κ1) is 22.8. The van der Waals surface area contributed by atoms with E-state index in [9.17, 15) is 5.11 Å². The van der Waals surface area contributed by atoms with Crippen LogP contribution in [0.5, 0.6) is 11.5 Å². The normalized spacial score (nSPS) is 13.2. The third kappa shape index (κ3) is 4.71. The molecule has 0 aliphatic rings. The predicted molar refractivity (Wildman–Crippen MR) is 131 cm³/mol. The van der Waals surface area contributed by atoms with Gasteiger partial charge in [-0.3, -0.25) is 5.32 Å². The van der Waals surface area contributed by atoms with Crippen molar-refractivity contribution >= 4 is 10.8 Å². The number of nitrogens with one attached hydrogen (secondary N) is 1. The molecule has 0 heterocycles. The van der Waals surface area contributed by atoms with Crippen molar-refractivity contribution in [3.63, 3.8) is 0 Å². The molecular weight excluding hydrogens is 414 g/mol. The Morgan fingerprint density at radius 1 is 0.727 bits per heavy atom. The molecule has 4 aromatic carbocycles. The Morgan fingerprint density at radius 2 is 1.39 bits per heavy atom. The molecule has 0 radical (unpaired) electrons. The highest BCUT2D eigenvalue weighted by Crippen LogP contribution is 2.39. The topological polar surface area (TPSA) is 60.0 Å². The Kier molecular flexibility index (Phi) is 7.25. The number of aromatic hydroxyl groups is 1. The number of rotatable bonds is 9. The molecule has 5 heteroatoms. The Labute approximate surface area is 194 Å². The van der Waals surface area contributed by atoms with Gasteiger partial charge < -0.3 is 19.3 Å². The summed E-state index contributed by atoms with van der Waals surface area (Å²) in [6, 6.07) is 28.9. The SMILES string of the molecule is COc1ccccc1C(NC(c1ccccc1)c1c(O)ccc2ccccc12)C(OC)OC. The summed E-state index contributed by atoms with van der Waals surface area (Å²) in [5.74, 6) is 0.947. The minimum Gasteiger partial charge on any atom is -0.508 e. The standard InChI is InChI=1S/C28H29NO4/c1-31-24-16-10-9-15-22(24)27(28(32-2)33-3)29-26(20-12-5-4-6-13-20)25-21-14-8-7-11-19(21)17-18-23(25)30/h4-18,26-30H,1-3H3. The summed E-state index contributed by atoms with van der Waals surface area (Å²) in [6.45, 7) is 0. The fourth-order valence-corrected chi connectivity index (χ4v) is 4.37. The predicted octanol–water partition coefficient (Wildman–Crippen LogP) is 5.59. The van der Waals surface area contributed by atoms with E-state index in [0.29, 0.717) is 0 Å². The van der Waals surface area contributed by atoms with Crippen LogP contribution in [0.3, 0.4) is 0 Å². The maximum Gasteiger partial charge on any atom is 0.176 e. The van der Waals surface area contributed by atoms with Crippen LogP contribution in [0.2, 0.25) is 0 Å². The Balaban J connectivity index is 1.91. The van der Waals surface area contributed by atoms with Crippen LogP contribution in [0.25, 0.3) is 10.8 Å². The fraction of sp³-hybridized carbons (Fsp3) is 0.214. The third-order valence-electron chi connectivity index (χ3n) is 5.93. The van der Waals surface area contributed by atoms with Crippen LogP contribution in [0, 0.1) is 0 Å². The second-order valence-electron chi connectivity index (χ2n) is 7.79. The minimum atomic E-state index is -0.593. The molecule has 4 rings (SSSR count). The van der Waals surface area contributed by atoms with E-state index >= 15 is 0 Å². The second kappa shape index (κ2) is 10.5. The number of para-hydroxylation sites is 1. The molecule has 33 heavy (non-hydrogen) atoms. The number of hydrogen-bond acceptors (Lipinski definition) is 5. The van der Waals surface area contributed by atoms with Crippen molar-refractivity contribution in [3.05, 3.63) is 108 Å². The zero-order chi connectivity index (χ0) is 23.2. The number of benzene rings is 4. The first-order chi connectivity index (χ1) is 16.2. The van der Waals surface area contributed by atoms with Gasteiger partial charge in [0.1, 0.15) is 11.5 Å². The molecule has 0 aromatic heterocycles. The zero-order valence-electron chi connectivity index (χ0n) is 19.1. The Bertz CT molecular complexity index is 1190. The van der Waals surface area contributed by atoms with Crippen LogP contribution >= 0.6 is 0 Å². The second-order valence-corrected chi connectivity index (χ2v) is 7.79. The van der Waals surface area contributed by atoms with E-state index < -0.39 is 6.29 Å². The molecule has 0 saturated heterocycles. The number of methoxy groups -OCH3 is 3. The lowest BCUT2D eigenvalue weighted by Gasteiger charge is -2.32. The highest BCUT2D eigenvalue weighted by molar-refractivity contribution is 5.88. The highest BCUT2D eigenvalue weighted by atomic mass is 16.7. The Morgan fingerprint density at radius 3 is 2.12 bits per heavy atom. The summed E-state index contributed by atoms with van der Waals surface area (Å²) in [5.41, 5.74) is 2.70. The Hall–Kier alpha value is -3.38. The van der Waals surface area contributed by atoms with Crippen LogP contribution in [0.4, 0.5) is 0 Å². The van der Waals surface area contributed by atoms with E-state index in [1.165, 1.54) is 0 Å². The van der Waals surface area contributed by atoms with Gasteiger partial charge in [0.25, 0.3) is 0 Å². The van der Waals surface area contributed by atoms with Gasteiger partial charge in [0.05, 0.1) is 19.2 Å². The fourth-order valence-electron chi connectivity index (χ4n) is 4.37. The van der Waals surface area contributed by atoms with Crippen LogP contribution in [-0.2, 0) is 9.47 Å². The van der Waals surface area contributed by atoms with Gasteiger partial charge in [0, 0.05) is 25.3 Å². The molecule has 2 N–H and O–H groups in total. The molecule has 0 amide bonds. The molecule has 0 aliphatic heterocycles. The molecule has 4 aromatic rings. The monoisotopic (exact) mass is 443 g/mol. The van der Waals surface area contributed by atoms with Crippen molar-refractivity contribution in [2.45, 2.75) is 18.4 Å². The van der Waals surface area contributed by atoms with E-state index in [2.05, 4.69) is 5.32 Å². The van der Waals surface area contributed by atoms with Gasteiger partial charge in [0.2, 0.25) is 0 Å². The van der Waals surface area contributed by atoms with Crippen LogP contribution in [-0.4, -0.2) is 32.7 Å². The average molecular weight is 444 g/mol. The molecule has 2 atom stereocenters. The number of hydrogen-bond donors (Lipinski definition) is 2. The van der Waals surface area contributed by atoms with Gasteiger partial charge in [-0.1, -0.05) is 78.9 Å². The molecule has 0 saturated carbocycles. The summed E-state index contributed by atoms with van der Waals surface area (Å²) in [5, 5.41) is 16.8. The van der Waals surface area contributed by atoms with Gasteiger partial charge in [0.15, 0.2) is 6.29 Å². The van der Waals surface area contributed by atoms with Crippen molar-refractivity contribution in [1.29, 1.82) is 0 Å². The summed E-state index contributed by atoms with van der Waals surface area (Å²) in [4.78, 5) is 0. The number of phenols is 1. The molecule has 2 unspecified atom stereocenters. The maximum atomic E-state index is 11.1. The van der Waals surface area contributed by atoms with Crippen molar-refractivity contribution < 1.29 is 19.3 Å². The van der Waals surface area contributed by atoms with Gasteiger partial charge in [-0.2, -0.15) is 0 Å².